The number of fused-ring (bicyclic) bond motifs is 1. The number of imide groups is 1. The Morgan fingerprint density at radius 2 is 2.29 bits per heavy atom. The summed E-state index contributed by atoms with van der Waals surface area (Å²) in [6.07, 6.45) is 0.894. The number of nitrogens with zero attached hydrogens (tertiary/aromatic N) is 1. The summed E-state index contributed by atoms with van der Waals surface area (Å²) >= 11 is 0. The molecule has 0 bridgehead atoms. The van der Waals surface area contributed by atoms with Crippen LogP contribution in [0.5, 0.6) is 0 Å². The van der Waals surface area contributed by atoms with Crippen LogP contribution in [0.15, 0.2) is 0 Å². The maximum absolute atomic E-state index is 11.5. The van der Waals surface area contributed by atoms with Crippen LogP contribution >= 0.6 is 0 Å². The van der Waals surface area contributed by atoms with E-state index in [4.69, 9.17) is 4.74 Å². The fourth-order valence-corrected chi connectivity index (χ4v) is 2.03. The van der Waals surface area contributed by atoms with Crippen molar-refractivity contribution in [3.8, 4) is 0 Å². The molecule has 0 aromatic heterocycles. The third kappa shape index (κ3) is 1.37. The minimum atomic E-state index is -0.274. The van der Waals surface area contributed by atoms with Crippen molar-refractivity contribution in [1.29, 1.82) is 0 Å². The molecule has 2 unspecified atom stereocenters. The molecule has 0 saturated carbocycles. The van der Waals surface area contributed by atoms with E-state index in [1.165, 1.54) is 0 Å². The molecule has 2 aliphatic heterocycles. The van der Waals surface area contributed by atoms with Gasteiger partial charge < -0.3 is 9.64 Å². The Bertz CT molecular complexity index is 267. The number of hydrogen-bond acceptors (Lipinski definition) is 3. The summed E-state index contributed by atoms with van der Waals surface area (Å²) in [7, 11) is 0. The summed E-state index contributed by atoms with van der Waals surface area (Å²) in [5.74, 6) is -0.357. The third-order valence-electron chi connectivity index (χ3n) is 2.74. The molecule has 0 radical (unpaired) electrons. The molecule has 1 N–H and O–H groups in total. The number of urea groups is 1. The van der Waals surface area contributed by atoms with E-state index in [-0.39, 0.29) is 23.9 Å². The van der Waals surface area contributed by atoms with Gasteiger partial charge in [-0.1, -0.05) is 6.92 Å². The highest BCUT2D eigenvalue weighted by Crippen LogP contribution is 2.23. The second-order valence-corrected chi connectivity index (χ2v) is 3.70. The summed E-state index contributed by atoms with van der Waals surface area (Å²) in [6, 6.07) is -0.320. The zero-order valence-corrected chi connectivity index (χ0v) is 8.16. The van der Waals surface area contributed by atoms with Gasteiger partial charge in [0.05, 0.1) is 25.2 Å². The van der Waals surface area contributed by atoms with Crippen molar-refractivity contribution >= 4 is 11.9 Å². The van der Waals surface area contributed by atoms with E-state index >= 15 is 0 Å². The van der Waals surface area contributed by atoms with Gasteiger partial charge in [-0.3, -0.25) is 10.1 Å². The first-order chi connectivity index (χ1) is 6.74. The Morgan fingerprint density at radius 3 is 3.00 bits per heavy atom. The third-order valence-corrected chi connectivity index (χ3v) is 2.74. The fourth-order valence-electron chi connectivity index (χ4n) is 2.03. The average molecular weight is 198 g/mol. The second kappa shape index (κ2) is 3.57. The van der Waals surface area contributed by atoms with Crippen LogP contribution in [0.25, 0.3) is 0 Å². The maximum Gasteiger partial charge on any atom is 0.324 e. The Morgan fingerprint density at radius 1 is 1.50 bits per heavy atom. The van der Waals surface area contributed by atoms with E-state index in [1.807, 2.05) is 6.92 Å². The lowest BCUT2D eigenvalue weighted by Crippen LogP contribution is -2.59. The number of carbonyl (C=O) groups is 2. The van der Waals surface area contributed by atoms with E-state index in [1.54, 1.807) is 4.90 Å². The Hall–Kier alpha value is -1.10. The number of hydrogen-bond donors (Lipinski definition) is 1. The molecule has 2 saturated heterocycles. The SMILES string of the molecule is CCCN1C(=O)NC(=O)C2COCC21. The molecule has 3 amide bonds. The molecule has 2 atom stereocenters. The van der Waals surface area contributed by atoms with Crippen molar-refractivity contribution in [3.05, 3.63) is 0 Å². The van der Waals surface area contributed by atoms with E-state index in [0.29, 0.717) is 19.8 Å². The molecule has 2 rings (SSSR count). The van der Waals surface area contributed by atoms with Crippen molar-refractivity contribution in [1.82, 2.24) is 10.2 Å². The van der Waals surface area contributed by atoms with Crippen molar-refractivity contribution in [3.63, 3.8) is 0 Å². The molecular weight excluding hydrogens is 184 g/mol. The van der Waals surface area contributed by atoms with Crippen LogP contribution in [0, 0.1) is 5.92 Å². The van der Waals surface area contributed by atoms with Gasteiger partial charge >= 0.3 is 6.03 Å². The first-order valence-corrected chi connectivity index (χ1v) is 4.93. The van der Waals surface area contributed by atoms with Gasteiger partial charge in [-0.25, -0.2) is 4.79 Å². The van der Waals surface area contributed by atoms with Crippen LogP contribution in [-0.4, -0.2) is 42.6 Å². The lowest BCUT2D eigenvalue weighted by atomic mass is 9.99. The molecule has 14 heavy (non-hydrogen) atoms. The van der Waals surface area contributed by atoms with Gasteiger partial charge in [0.25, 0.3) is 0 Å². The Balaban J connectivity index is 2.16. The van der Waals surface area contributed by atoms with Crippen LogP contribution in [0.3, 0.4) is 0 Å². The quantitative estimate of drug-likeness (QED) is 0.677. The molecule has 2 aliphatic rings. The van der Waals surface area contributed by atoms with Gasteiger partial charge in [0, 0.05) is 6.54 Å². The average Bonchev–Trinajstić information content (AvgIpc) is 2.60. The summed E-state index contributed by atoms with van der Waals surface area (Å²) in [4.78, 5) is 24.6. The number of carbonyl (C=O) groups excluding carboxylic acids is 2. The van der Waals surface area contributed by atoms with Crippen molar-refractivity contribution in [2.24, 2.45) is 5.92 Å². The Kier molecular flexibility index (Phi) is 2.41. The summed E-state index contributed by atoms with van der Waals surface area (Å²) in [5.41, 5.74) is 0. The second-order valence-electron chi connectivity index (χ2n) is 3.70. The van der Waals surface area contributed by atoms with Crippen LogP contribution in [0.4, 0.5) is 4.79 Å². The van der Waals surface area contributed by atoms with Gasteiger partial charge in [-0.15, -0.1) is 0 Å². The highest BCUT2D eigenvalue weighted by Gasteiger charge is 2.44. The molecular formula is C9H14N2O3. The summed E-state index contributed by atoms with van der Waals surface area (Å²) in [6.45, 7) is 3.62. The smallest absolute Gasteiger partial charge is 0.324 e. The minimum Gasteiger partial charge on any atom is -0.378 e. The first-order valence-electron chi connectivity index (χ1n) is 4.93. The van der Waals surface area contributed by atoms with Crippen LogP contribution in [0.2, 0.25) is 0 Å². The molecule has 2 heterocycles. The van der Waals surface area contributed by atoms with Gasteiger partial charge in [0.2, 0.25) is 5.91 Å². The van der Waals surface area contributed by atoms with Gasteiger partial charge in [0.15, 0.2) is 0 Å². The zero-order valence-electron chi connectivity index (χ0n) is 8.16. The molecule has 2 fully saturated rings. The molecule has 5 nitrogen and oxygen atoms in total. The minimum absolute atomic E-state index is 0.0452. The molecule has 0 aliphatic carbocycles. The topological polar surface area (TPSA) is 58.6 Å². The van der Waals surface area contributed by atoms with Crippen LogP contribution in [-0.2, 0) is 9.53 Å². The monoisotopic (exact) mass is 198 g/mol. The number of ether oxygens (including phenoxy) is 1. The standard InChI is InChI=1S/C9H14N2O3/c1-2-3-11-7-5-14-4-6(7)8(12)10-9(11)13/h6-7H,2-5H2,1H3,(H,10,12,13). The molecule has 78 valence electrons. The number of nitrogens with one attached hydrogen (secondary N) is 1. The van der Waals surface area contributed by atoms with Crippen molar-refractivity contribution in [2.45, 2.75) is 19.4 Å². The predicted octanol–water partition coefficient (Wildman–Crippen LogP) is -0.0368. The van der Waals surface area contributed by atoms with Gasteiger partial charge in [-0.2, -0.15) is 0 Å². The van der Waals surface area contributed by atoms with Crippen molar-refractivity contribution < 1.29 is 14.3 Å². The largest absolute Gasteiger partial charge is 0.378 e. The van der Waals surface area contributed by atoms with Crippen molar-refractivity contribution in [2.75, 3.05) is 19.8 Å². The predicted molar refractivity (Wildman–Crippen MR) is 48.6 cm³/mol. The summed E-state index contributed by atoms with van der Waals surface area (Å²) in [5, 5.41) is 2.35. The molecule has 5 heteroatoms. The lowest BCUT2D eigenvalue weighted by molar-refractivity contribution is -0.126. The van der Waals surface area contributed by atoms with Crippen LogP contribution in [0.1, 0.15) is 13.3 Å². The molecule has 0 spiro atoms. The van der Waals surface area contributed by atoms with E-state index < -0.39 is 0 Å². The van der Waals surface area contributed by atoms with Gasteiger partial charge in [-0.05, 0) is 6.42 Å². The number of rotatable bonds is 2. The highest BCUT2D eigenvalue weighted by atomic mass is 16.5. The zero-order chi connectivity index (χ0) is 10.1. The summed E-state index contributed by atoms with van der Waals surface area (Å²) < 4.78 is 5.23. The normalized spacial score (nSPS) is 31.6. The van der Waals surface area contributed by atoms with Gasteiger partial charge in [0.1, 0.15) is 0 Å². The molecule has 0 aromatic carbocycles. The van der Waals surface area contributed by atoms with E-state index in [0.717, 1.165) is 6.42 Å². The molecule has 0 aromatic rings. The fraction of sp³-hybridized carbons (Fsp3) is 0.778. The lowest BCUT2D eigenvalue weighted by Gasteiger charge is -2.35. The van der Waals surface area contributed by atoms with E-state index in [9.17, 15) is 9.59 Å². The van der Waals surface area contributed by atoms with Crippen LogP contribution < -0.4 is 5.32 Å². The highest BCUT2D eigenvalue weighted by molar-refractivity contribution is 5.98. The maximum atomic E-state index is 11.5. The number of amides is 3. The first kappa shape index (κ1) is 9.45. The van der Waals surface area contributed by atoms with E-state index in [2.05, 4.69) is 5.32 Å². The Labute approximate surface area is 82.4 Å².